The van der Waals surface area contributed by atoms with E-state index in [1.807, 2.05) is 13.0 Å². The molecule has 3 rings (SSSR count). The number of carbonyl (C=O) groups is 2. The molecule has 1 aromatic heterocycles. The third-order valence-electron chi connectivity index (χ3n) is 4.45. The Morgan fingerprint density at radius 1 is 1.12 bits per heavy atom. The second-order valence-corrected chi connectivity index (χ2v) is 6.35. The Bertz CT molecular complexity index is 831. The molecule has 0 saturated heterocycles. The molecule has 0 atom stereocenters. The van der Waals surface area contributed by atoms with Gasteiger partial charge in [0.2, 0.25) is 0 Å². The Morgan fingerprint density at radius 2 is 1.92 bits per heavy atom. The molecule has 1 aliphatic carbocycles. The molecule has 0 radical (unpaired) electrons. The van der Waals surface area contributed by atoms with E-state index < -0.39 is 0 Å². The Hall–Kier alpha value is -3.02. The van der Waals surface area contributed by atoms with Crippen LogP contribution in [-0.2, 0) is 17.6 Å². The standard InChI is InChI=1S/C20H22N4O2/c1-14(16-9-8-15-5-2-3-6-17(15)11-16)23-24-19(25)13-22-20(26)18-7-4-10-21-12-18/h4,7-12H,2-3,5-6,13H2,1H3,(H,22,26)(H,24,25)/b23-14+. The van der Waals surface area contributed by atoms with Gasteiger partial charge in [0, 0.05) is 12.4 Å². The number of aryl methyl sites for hydroxylation is 2. The fourth-order valence-electron chi connectivity index (χ4n) is 2.97. The van der Waals surface area contributed by atoms with Crippen LogP contribution in [0.1, 0.15) is 46.8 Å². The van der Waals surface area contributed by atoms with Gasteiger partial charge < -0.3 is 5.32 Å². The molecular formula is C20H22N4O2. The number of pyridine rings is 1. The molecule has 1 aliphatic rings. The summed E-state index contributed by atoms with van der Waals surface area (Å²) < 4.78 is 0. The first-order valence-electron chi connectivity index (χ1n) is 8.77. The number of amides is 2. The monoisotopic (exact) mass is 350 g/mol. The van der Waals surface area contributed by atoms with Crippen LogP contribution >= 0.6 is 0 Å². The summed E-state index contributed by atoms with van der Waals surface area (Å²) in [7, 11) is 0. The van der Waals surface area contributed by atoms with Gasteiger partial charge in [0.25, 0.3) is 11.8 Å². The number of hydrogen-bond acceptors (Lipinski definition) is 4. The van der Waals surface area contributed by atoms with Crippen LogP contribution < -0.4 is 10.7 Å². The summed E-state index contributed by atoms with van der Waals surface area (Å²) in [5, 5.41) is 6.69. The van der Waals surface area contributed by atoms with Crippen LogP contribution in [-0.4, -0.2) is 29.1 Å². The molecule has 6 heteroatoms. The highest BCUT2D eigenvalue weighted by Gasteiger charge is 2.11. The van der Waals surface area contributed by atoms with Crippen molar-refractivity contribution in [3.05, 3.63) is 65.0 Å². The van der Waals surface area contributed by atoms with Crippen LogP contribution in [0.3, 0.4) is 0 Å². The number of hydrogen-bond donors (Lipinski definition) is 2. The maximum absolute atomic E-state index is 11.9. The first-order valence-corrected chi connectivity index (χ1v) is 8.77. The lowest BCUT2D eigenvalue weighted by Gasteiger charge is -2.16. The second-order valence-electron chi connectivity index (χ2n) is 6.35. The molecule has 1 heterocycles. The van der Waals surface area contributed by atoms with Gasteiger partial charge in [0.05, 0.1) is 17.8 Å². The minimum absolute atomic E-state index is 0.144. The van der Waals surface area contributed by atoms with E-state index in [9.17, 15) is 9.59 Å². The average molecular weight is 350 g/mol. The lowest BCUT2D eigenvalue weighted by molar-refractivity contribution is -0.120. The van der Waals surface area contributed by atoms with Gasteiger partial charge >= 0.3 is 0 Å². The quantitative estimate of drug-likeness (QED) is 0.641. The molecule has 0 bridgehead atoms. The first-order chi connectivity index (χ1) is 12.6. The van der Waals surface area contributed by atoms with Gasteiger partial charge in [-0.3, -0.25) is 14.6 Å². The van der Waals surface area contributed by atoms with E-state index in [1.54, 1.807) is 18.3 Å². The fourth-order valence-corrected chi connectivity index (χ4v) is 2.97. The number of fused-ring (bicyclic) bond motifs is 1. The minimum Gasteiger partial charge on any atom is -0.343 e. The third kappa shape index (κ3) is 4.53. The van der Waals surface area contributed by atoms with Crippen molar-refractivity contribution in [3.63, 3.8) is 0 Å². The van der Waals surface area contributed by atoms with Crippen molar-refractivity contribution in [1.82, 2.24) is 15.7 Å². The molecule has 0 unspecified atom stereocenters. The summed E-state index contributed by atoms with van der Waals surface area (Å²) in [6.45, 7) is 1.72. The SMILES string of the molecule is C/C(=N\NC(=O)CNC(=O)c1cccnc1)c1ccc2c(c1)CCCC2. The molecule has 26 heavy (non-hydrogen) atoms. The topological polar surface area (TPSA) is 83.5 Å². The van der Waals surface area contributed by atoms with Gasteiger partial charge in [-0.25, -0.2) is 5.43 Å². The summed E-state index contributed by atoms with van der Waals surface area (Å²) >= 11 is 0. The molecule has 1 aromatic carbocycles. The van der Waals surface area contributed by atoms with Crippen molar-refractivity contribution in [2.24, 2.45) is 5.10 Å². The number of nitrogens with one attached hydrogen (secondary N) is 2. The Labute approximate surface area is 152 Å². The predicted octanol–water partition coefficient (Wildman–Crippen LogP) is 2.23. The summed E-state index contributed by atoms with van der Waals surface area (Å²) in [4.78, 5) is 27.7. The van der Waals surface area contributed by atoms with E-state index >= 15 is 0 Å². The first kappa shape index (κ1) is 17.8. The number of hydrazone groups is 1. The number of aromatic nitrogens is 1. The van der Waals surface area contributed by atoms with Crippen LogP contribution in [0.15, 0.2) is 47.8 Å². The smallest absolute Gasteiger partial charge is 0.259 e. The molecule has 0 saturated carbocycles. The van der Waals surface area contributed by atoms with Crippen LogP contribution in [0.4, 0.5) is 0 Å². The van der Waals surface area contributed by atoms with Crippen molar-refractivity contribution >= 4 is 17.5 Å². The van der Waals surface area contributed by atoms with E-state index in [4.69, 9.17) is 0 Å². The lowest BCUT2D eigenvalue weighted by Crippen LogP contribution is -2.35. The van der Waals surface area contributed by atoms with Crippen LogP contribution in [0.5, 0.6) is 0 Å². The van der Waals surface area contributed by atoms with E-state index in [0.29, 0.717) is 5.56 Å². The normalized spacial score (nSPS) is 13.7. The highest BCUT2D eigenvalue weighted by atomic mass is 16.2. The van der Waals surface area contributed by atoms with E-state index in [2.05, 4.69) is 33.0 Å². The molecule has 134 valence electrons. The Morgan fingerprint density at radius 3 is 2.69 bits per heavy atom. The maximum atomic E-state index is 11.9. The lowest BCUT2D eigenvalue weighted by atomic mass is 9.90. The van der Waals surface area contributed by atoms with Gasteiger partial charge in [-0.1, -0.05) is 12.1 Å². The zero-order chi connectivity index (χ0) is 18.4. The third-order valence-corrected chi connectivity index (χ3v) is 4.45. The van der Waals surface area contributed by atoms with Gasteiger partial charge in [-0.15, -0.1) is 0 Å². The molecule has 6 nitrogen and oxygen atoms in total. The zero-order valence-corrected chi connectivity index (χ0v) is 14.8. The molecule has 2 N–H and O–H groups in total. The largest absolute Gasteiger partial charge is 0.343 e. The van der Waals surface area contributed by atoms with Gasteiger partial charge in [0.1, 0.15) is 0 Å². The zero-order valence-electron chi connectivity index (χ0n) is 14.8. The molecule has 0 aliphatic heterocycles. The van der Waals surface area contributed by atoms with Crippen molar-refractivity contribution in [3.8, 4) is 0 Å². The highest BCUT2D eigenvalue weighted by Crippen LogP contribution is 2.22. The van der Waals surface area contributed by atoms with Gasteiger partial charge in [-0.2, -0.15) is 5.10 Å². The van der Waals surface area contributed by atoms with Crippen LogP contribution in [0.2, 0.25) is 0 Å². The van der Waals surface area contributed by atoms with Crippen LogP contribution in [0.25, 0.3) is 0 Å². The highest BCUT2D eigenvalue weighted by molar-refractivity contribution is 6.00. The number of benzene rings is 1. The molecule has 2 amide bonds. The average Bonchev–Trinajstić information content (AvgIpc) is 2.70. The molecule has 0 spiro atoms. The van der Waals surface area contributed by atoms with E-state index in [-0.39, 0.29) is 18.4 Å². The summed E-state index contributed by atoms with van der Waals surface area (Å²) in [6.07, 6.45) is 7.75. The van der Waals surface area contributed by atoms with Crippen LogP contribution in [0, 0.1) is 0 Å². The Kier molecular flexibility index (Phi) is 5.73. The van der Waals surface area contributed by atoms with Gasteiger partial charge in [-0.05, 0) is 67.5 Å². The van der Waals surface area contributed by atoms with Crippen molar-refractivity contribution in [2.75, 3.05) is 6.54 Å². The number of nitrogens with zero attached hydrogens (tertiary/aromatic N) is 2. The summed E-state index contributed by atoms with van der Waals surface area (Å²) in [5.74, 6) is -0.719. The fraction of sp³-hybridized carbons (Fsp3) is 0.300. The maximum Gasteiger partial charge on any atom is 0.259 e. The summed E-state index contributed by atoms with van der Waals surface area (Å²) in [5.41, 5.74) is 7.43. The van der Waals surface area contributed by atoms with Crippen molar-refractivity contribution < 1.29 is 9.59 Å². The van der Waals surface area contributed by atoms with Gasteiger partial charge in [0.15, 0.2) is 0 Å². The van der Waals surface area contributed by atoms with E-state index in [1.165, 1.54) is 30.2 Å². The second kappa shape index (κ2) is 8.38. The van der Waals surface area contributed by atoms with Crippen molar-refractivity contribution in [2.45, 2.75) is 32.6 Å². The number of rotatable bonds is 5. The molecule has 0 fully saturated rings. The summed E-state index contributed by atoms with van der Waals surface area (Å²) in [6, 6.07) is 9.65. The Balaban J connectivity index is 1.53. The minimum atomic E-state index is -0.375. The van der Waals surface area contributed by atoms with E-state index in [0.717, 1.165) is 24.1 Å². The molecular weight excluding hydrogens is 328 g/mol. The number of carbonyl (C=O) groups excluding carboxylic acids is 2. The molecule has 2 aromatic rings. The predicted molar refractivity (Wildman–Crippen MR) is 100 cm³/mol. The van der Waals surface area contributed by atoms with Crippen molar-refractivity contribution in [1.29, 1.82) is 0 Å².